The van der Waals surface area contributed by atoms with Crippen molar-refractivity contribution in [2.75, 3.05) is 12.9 Å². The normalized spacial score (nSPS) is 11.3. The molecular formula is C13H16N4O3S. The largest absolute Gasteiger partial charge is 0.481 e. The lowest BCUT2D eigenvalue weighted by Crippen LogP contribution is -2.04. The molecule has 0 aliphatic rings. The van der Waals surface area contributed by atoms with E-state index in [0.29, 0.717) is 28.7 Å². The zero-order chi connectivity index (χ0) is 15.2. The van der Waals surface area contributed by atoms with Gasteiger partial charge in [-0.2, -0.15) is 4.98 Å². The van der Waals surface area contributed by atoms with Crippen molar-refractivity contribution in [2.24, 2.45) is 0 Å². The number of aromatic nitrogens is 4. The molecule has 0 amide bonds. The van der Waals surface area contributed by atoms with Crippen LogP contribution in [-0.4, -0.2) is 43.5 Å². The number of imidazole rings is 1. The van der Waals surface area contributed by atoms with Crippen molar-refractivity contribution in [3.05, 3.63) is 18.5 Å². The van der Waals surface area contributed by atoms with Crippen molar-refractivity contribution in [2.45, 2.75) is 25.0 Å². The highest BCUT2D eigenvalue weighted by Crippen LogP contribution is 2.27. The molecule has 0 bridgehead atoms. The molecule has 112 valence electrons. The zero-order valence-corrected chi connectivity index (χ0v) is 12.6. The van der Waals surface area contributed by atoms with Gasteiger partial charge in [-0.1, -0.05) is 23.9 Å². The second-order valence-electron chi connectivity index (χ2n) is 4.14. The molecule has 0 atom stereocenters. The van der Waals surface area contributed by atoms with Crippen molar-refractivity contribution in [3.8, 4) is 5.88 Å². The minimum Gasteiger partial charge on any atom is -0.481 e. The molecule has 7 nitrogen and oxygen atoms in total. The van der Waals surface area contributed by atoms with Gasteiger partial charge in [0.25, 0.3) is 0 Å². The van der Waals surface area contributed by atoms with Gasteiger partial charge < -0.3 is 14.4 Å². The van der Waals surface area contributed by atoms with E-state index >= 15 is 0 Å². The molecule has 0 spiro atoms. The lowest BCUT2D eigenvalue weighted by atomic mass is 10.4. The highest BCUT2D eigenvalue weighted by Gasteiger charge is 2.17. The third-order valence-corrected chi connectivity index (χ3v) is 3.70. The summed E-state index contributed by atoms with van der Waals surface area (Å²) >= 11 is 1.16. The van der Waals surface area contributed by atoms with Crippen LogP contribution in [0.1, 0.15) is 13.3 Å². The maximum Gasteiger partial charge on any atom is 0.313 e. The molecule has 0 saturated carbocycles. The maximum atomic E-state index is 10.8. The molecule has 1 N–H and O–H groups in total. The molecule has 2 rings (SSSR count). The van der Waals surface area contributed by atoms with Gasteiger partial charge in [0.2, 0.25) is 5.88 Å². The number of allylic oxidation sites excluding steroid dienone is 2. The number of hydrogen-bond acceptors (Lipinski definition) is 6. The van der Waals surface area contributed by atoms with Crippen LogP contribution in [0.2, 0.25) is 0 Å². The first kappa shape index (κ1) is 15.3. The molecule has 2 aromatic rings. The minimum absolute atomic E-state index is 0.0529. The van der Waals surface area contributed by atoms with Crippen LogP contribution in [0, 0.1) is 0 Å². The Balaban J connectivity index is 2.42. The predicted octanol–water partition coefficient (Wildman–Crippen LogP) is 1.98. The molecular weight excluding hydrogens is 292 g/mol. The van der Waals surface area contributed by atoms with Gasteiger partial charge in [0.15, 0.2) is 16.3 Å². The van der Waals surface area contributed by atoms with E-state index in [1.54, 1.807) is 0 Å². The lowest BCUT2D eigenvalue weighted by Gasteiger charge is -2.05. The van der Waals surface area contributed by atoms with Crippen LogP contribution in [0.25, 0.3) is 11.2 Å². The first-order chi connectivity index (χ1) is 10.2. The summed E-state index contributed by atoms with van der Waals surface area (Å²) in [6.07, 6.45) is 6.24. The number of ether oxygens (including phenoxy) is 1. The predicted molar refractivity (Wildman–Crippen MR) is 79.7 cm³/mol. The number of carboxylic acid groups (broad SMARTS) is 1. The summed E-state index contributed by atoms with van der Waals surface area (Å²) in [5.41, 5.74) is 1.20. The molecule has 0 aromatic carbocycles. The average molecular weight is 308 g/mol. The Morgan fingerprint density at radius 2 is 2.33 bits per heavy atom. The number of carbonyl (C=O) groups is 1. The smallest absolute Gasteiger partial charge is 0.313 e. The van der Waals surface area contributed by atoms with E-state index in [1.807, 2.05) is 23.6 Å². The van der Waals surface area contributed by atoms with Crippen LogP contribution >= 0.6 is 11.8 Å². The quantitative estimate of drug-likeness (QED) is 0.617. The van der Waals surface area contributed by atoms with Gasteiger partial charge >= 0.3 is 5.97 Å². The molecule has 0 fully saturated rings. The van der Waals surface area contributed by atoms with E-state index in [0.717, 1.165) is 18.2 Å². The highest BCUT2D eigenvalue weighted by molar-refractivity contribution is 7.99. The topological polar surface area (TPSA) is 90.1 Å². The van der Waals surface area contributed by atoms with E-state index in [9.17, 15) is 4.79 Å². The molecule has 21 heavy (non-hydrogen) atoms. The number of carboxylic acids is 1. The summed E-state index contributed by atoms with van der Waals surface area (Å²) in [5.74, 6) is -0.546. The molecule has 8 heteroatoms. The van der Waals surface area contributed by atoms with Gasteiger partial charge in [-0.3, -0.25) is 4.79 Å². The third kappa shape index (κ3) is 3.52. The van der Waals surface area contributed by atoms with Gasteiger partial charge in [-0.15, -0.1) is 0 Å². The molecule has 0 saturated heterocycles. The maximum absolute atomic E-state index is 10.8. The number of hydrogen-bond donors (Lipinski definition) is 1. The Morgan fingerprint density at radius 3 is 3.00 bits per heavy atom. The fraction of sp³-hybridized carbons (Fsp3) is 0.385. The van der Waals surface area contributed by atoms with Crippen molar-refractivity contribution < 1.29 is 14.6 Å². The molecule has 0 unspecified atom stereocenters. The van der Waals surface area contributed by atoms with Crippen molar-refractivity contribution in [1.82, 2.24) is 19.5 Å². The summed E-state index contributed by atoms with van der Waals surface area (Å²) in [7, 11) is 1.52. The Labute approximate surface area is 126 Å². The van der Waals surface area contributed by atoms with E-state index in [4.69, 9.17) is 9.84 Å². The number of rotatable bonds is 7. The van der Waals surface area contributed by atoms with Gasteiger partial charge in [0, 0.05) is 6.54 Å². The zero-order valence-electron chi connectivity index (χ0n) is 11.8. The summed E-state index contributed by atoms with van der Waals surface area (Å²) in [6, 6.07) is 0. The SMILES string of the molecule is C/C=C/CCn1c(SCC(=O)O)nc2c(OC)ncnc21. The number of nitrogens with zero attached hydrogens (tertiary/aromatic N) is 4. The molecule has 0 radical (unpaired) electrons. The first-order valence-corrected chi connectivity index (χ1v) is 7.37. The number of aliphatic carboxylic acids is 1. The fourth-order valence-corrected chi connectivity index (χ4v) is 2.60. The first-order valence-electron chi connectivity index (χ1n) is 6.38. The van der Waals surface area contributed by atoms with E-state index < -0.39 is 5.97 Å². The van der Waals surface area contributed by atoms with Gasteiger partial charge in [0.1, 0.15) is 6.33 Å². The van der Waals surface area contributed by atoms with Gasteiger partial charge in [-0.25, -0.2) is 9.97 Å². The fourth-order valence-electron chi connectivity index (χ4n) is 1.85. The summed E-state index contributed by atoms with van der Waals surface area (Å²) in [6.45, 7) is 2.63. The monoisotopic (exact) mass is 308 g/mol. The van der Waals surface area contributed by atoms with Gasteiger partial charge in [0.05, 0.1) is 12.9 Å². The van der Waals surface area contributed by atoms with Crippen LogP contribution in [-0.2, 0) is 11.3 Å². The van der Waals surface area contributed by atoms with Crippen LogP contribution in [0.5, 0.6) is 5.88 Å². The second-order valence-corrected chi connectivity index (χ2v) is 5.08. The Bertz CT molecular complexity index is 669. The number of methoxy groups -OCH3 is 1. The number of thioether (sulfide) groups is 1. The average Bonchev–Trinajstić information content (AvgIpc) is 2.83. The number of aryl methyl sites for hydroxylation is 1. The highest BCUT2D eigenvalue weighted by atomic mass is 32.2. The van der Waals surface area contributed by atoms with Crippen molar-refractivity contribution in [3.63, 3.8) is 0 Å². The minimum atomic E-state index is -0.884. The standard InChI is InChI=1S/C13H16N4O3S/c1-3-4-5-6-17-11-10(12(20-2)15-8-14-11)16-13(17)21-7-9(18)19/h3-4,8H,5-7H2,1-2H3,(H,18,19)/b4-3+. The molecule has 0 aliphatic carbocycles. The molecule has 0 aliphatic heterocycles. The van der Waals surface area contributed by atoms with Crippen LogP contribution in [0.15, 0.2) is 23.6 Å². The third-order valence-electron chi connectivity index (χ3n) is 2.74. The molecule has 2 heterocycles. The van der Waals surface area contributed by atoms with E-state index in [-0.39, 0.29) is 5.75 Å². The summed E-state index contributed by atoms with van der Waals surface area (Å²) in [5, 5.41) is 9.44. The van der Waals surface area contributed by atoms with Crippen LogP contribution < -0.4 is 4.74 Å². The summed E-state index contributed by atoms with van der Waals surface area (Å²) < 4.78 is 7.08. The van der Waals surface area contributed by atoms with E-state index in [2.05, 4.69) is 15.0 Å². The van der Waals surface area contributed by atoms with Crippen molar-refractivity contribution >= 4 is 28.9 Å². The van der Waals surface area contributed by atoms with Gasteiger partial charge in [-0.05, 0) is 13.3 Å². The second kappa shape index (κ2) is 7.07. The summed E-state index contributed by atoms with van der Waals surface area (Å²) in [4.78, 5) is 23.4. The Morgan fingerprint density at radius 1 is 1.52 bits per heavy atom. The van der Waals surface area contributed by atoms with E-state index in [1.165, 1.54) is 13.4 Å². The lowest BCUT2D eigenvalue weighted by molar-refractivity contribution is -0.133. The molecule has 2 aromatic heterocycles. The Kier molecular flexibility index (Phi) is 5.15. The Hall–Kier alpha value is -2.09. The van der Waals surface area contributed by atoms with Crippen LogP contribution in [0.4, 0.5) is 0 Å². The van der Waals surface area contributed by atoms with Crippen molar-refractivity contribution in [1.29, 1.82) is 0 Å². The number of fused-ring (bicyclic) bond motifs is 1. The van der Waals surface area contributed by atoms with Crippen LogP contribution in [0.3, 0.4) is 0 Å².